The largest absolute Gasteiger partial charge is 0.447 e. The maximum atomic E-state index is 12.0. The molecule has 1 fully saturated rings. The molecule has 0 spiro atoms. The van der Waals surface area contributed by atoms with Crippen LogP contribution in [0.3, 0.4) is 0 Å². The van der Waals surface area contributed by atoms with Crippen molar-refractivity contribution in [2.75, 3.05) is 12.4 Å². The molecule has 1 aromatic carbocycles. The lowest BCUT2D eigenvalue weighted by atomic mass is 9.86. The molecule has 2 amide bonds. The number of nitrogens with one attached hydrogen (secondary N) is 3. The minimum atomic E-state index is -0.458. The standard InChI is InChI=1S/C25H36N4O4S/c1-15(2)32-24(30)28-19-8-6-17(7-9-19)23-27-14-22(34-23)21-11-10-20(12-18(21)13-26-5)29-25(31)33-16(3)4/h10-12,14-17,19,26H,6-9,13H2,1-5H3,(H,28,30)(H,29,31)/t17-,19-. The van der Waals surface area contributed by atoms with Crippen LogP contribution in [-0.4, -0.2) is 42.5 Å². The predicted octanol–water partition coefficient (Wildman–Crippen LogP) is 5.65. The van der Waals surface area contributed by atoms with Gasteiger partial charge in [0.05, 0.1) is 22.1 Å². The van der Waals surface area contributed by atoms with Crippen molar-refractivity contribution in [2.24, 2.45) is 0 Å². The lowest BCUT2D eigenvalue weighted by Crippen LogP contribution is -2.38. The van der Waals surface area contributed by atoms with Crippen LogP contribution in [0, 0.1) is 0 Å². The van der Waals surface area contributed by atoms with Gasteiger partial charge in [-0.3, -0.25) is 5.32 Å². The highest BCUT2D eigenvalue weighted by molar-refractivity contribution is 7.15. The summed E-state index contributed by atoms with van der Waals surface area (Å²) in [5, 5.41) is 10.1. The monoisotopic (exact) mass is 488 g/mol. The van der Waals surface area contributed by atoms with E-state index in [0.717, 1.165) is 46.7 Å². The summed E-state index contributed by atoms with van der Waals surface area (Å²) in [6.45, 7) is 8.01. The second kappa shape index (κ2) is 12.2. The zero-order valence-corrected chi connectivity index (χ0v) is 21.5. The van der Waals surface area contributed by atoms with Gasteiger partial charge in [0.2, 0.25) is 0 Å². The van der Waals surface area contributed by atoms with Crippen LogP contribution in [-0.2, 0) is 16.0 Å². The van der Waals surface area contributed by atoms with Crippen LogP contribution in [0.5, 0.6) is 0 Å². The average molecular weight is 489 g/mol. The van der Waals surface area contributed by atoms with Crippen LogP contribution in [0.25, 0.3) is 10.4 Å². The number of amides is 2. The molecule has 1 saturated carbocycles. The van der Waals surface area contributed by atoms with E-state index in [1.807, 2.05) is 59.1 Å². The Bertz CT molecular complexity index is 968. The summed E-state index contributed by atoms with van der Waals surface area (Å²) >= 11 is 1.72. The first-order chi connectivity index (χ1) is 16.2. The molecular formula is C25H36N4O4S. The number of nitrogens with zero attached hydrogens (tertiary/aromatic N) is 1. The second-order valence-electron chi connectivity index (χ2n) is 9.19. The van der Waals surface area contributed by atoms with Gasteiger partial charge in [-0.05, 0) is 83.7 Å². The van der Waals surface area contributed by atoms with Crippen molar-refractivity contribution in [2.45, 2.75) is 84.1 Å². The van der Waals surface area contributed by atoms with E-state index in [-0.39, 0.29) is 24.3 Å². The normalized spacial score (nSPS) is 18.1. The molecule has 8 nitrogen and oxygen atoms in total. The van der Waals surface area contributed by atoms with E-state index in [2.05, 4.69) is 16.0 Å². The summed E-state index contributed by atoms with van der Waals surface area (Å²) in [6.07, 6.45) is 4.69. The Balaban J connectivity index is 1.65. The maximum absolute atomic E-state index is 12.0. The Morgan fingerprint density at radius 2 is 1.74 bits per heavy atom. The van der Waals surface area contributed by atoms with Crippen LogP contribution in [0.15, 0.2) is 24.4 Å². The fourth-order valence-electron chi connectivity index (χ4n) is 4.11. The zero-order chi connectivity index (χ0) is 24.7. The Morgan fingerprint density at radius 3 is 2.38 bits per heavy atom. The first-order valence-corrected chi connectivity index (χ1v) is 12.7. The highest BCUT2D eigenvalue weighted by Crippen LogP contribution is 2.39. The van der Waals surface area contributed by atoms with Gasteiger partial charge in [-0.1, -0.05) is 6.07 Å². The van der Waals surface area contributed by atoms with Gasteiger partial charge in [-0.2, -0.15) is 0 Å². The van der Waals surface area contributed by atoms with Crippen LogP contribution in [0.1, 0.15) is 69.9 Å². The molecule has 0 aliphatic heterocycles. The summed E-state index contributed by atoms with van der Waals surface area (Å²) in [6, 6.07) is 6.05. The lowest BCUT2D eigenvalue weighted by Gasteiger charge is -2.28. The van der Waals surface area contributed by atoms with E-state index >= 15 is 0 Å². The van der Waals surface area contributed by atoms with Crippen LogP contribution in [0.2, 0.25) is 0 Å². The summed E-state index contributed by atoms with van der Waals surface area (Å²) < 4.78 is 10.4. The quantitative estimate of drug-likeness (QED) is 0.444. The SMILES string of the molecule is CNCc1cc(NC(=O)OC(C)C)ccc1-c1cnc([C@H]2CC[C@H](NC(=O)OC(C)C)CC2)s1. The maximum Gasteiger partial charge on any atom is 0.411 e. The first kappa shape index (κ1) is 26.0. The molecule has 0 saturated heterocycles. The van der Waals surface area contributed by atoms with E-state index in [9.17, 15) is 9.59 Å². The Hall–Kier alpha value is -2.65. The topological polar surface area (TPSA) is 102 Å². The number of carbonyl (C=O) groups is 2. The van der Waals surface area contributed by atoms with E-state index in [1.54, 1.807) is 11.3 Å². The Labute approximate surface area is 205 Å². The Morgan fingerprint density at radius 1 is 1.06 bits per heavy atom. The number of anilines is 1. The highest BCUT2D eigenvalue weighted by Gasteiger charge is 2.26. The zero-order valence-electron chi connectivity index (χ0n) is 20.6. The number of carbonyl (C=O) groups excluding carboxylic acids is 2. The van der Waals surface area contributed by atoms with E-state index in [4.69, 9.17) is 14.5 Å². The van der Waals surface area contributed by atoms with Crippen LogP contribution in [0.4, 0.5) is 15.3 Å². The van der Waals surface area contributed by atoms with Gasteiger partial charge in [0.25, 0.3) is 0 Å². The fraction of sp³-hybridized carbons (Fsp3) is 0.560. The molecule has 1 aromatic heterocycles. The average Bonchev–Trinajstić information content (AvgIpc) is 3.23. The van der Waals surface area contributed by atoms with Crippen molar-refractivity contribution < 1.29 is 19.1 Å². The number of benzene rings is 1. The third kappa shape index (κ3) is 7.43. The molecule has 2 aromatic rings. The van der Waals surface area contributed by atoms with Crippen molar-refractivity contribution in [3.63, 3.8) is 0 Å². The van der Waals surface area contributed by atoms with Crippen LogP contribution < -0.4 is 16.0 Å². The van der Waals surface area contributed by atoms with E-state index in [0.29, 0.717) is 18.2 Å². The summed E-state index contributed by atoms with van der Waals surface area (Å²) in [5.74, 6) is 0.400. The molecule has 0 atom stereocenters. The lowest BCUT2D eigenvalue weighted by molar-refractivity contribution is 0.109. The van der Waals surface area contributed by atoms with Gasteiger partial charge in [-0.15, -0.1) is 11.3 Å². The van der Waals surface area contributed by atoms with Gasteiger partial charge in [0.1, 0.15) is 0 Å². The number of thiazole rings is 1. The summed E-state index contributed by atoms with van der Waals surface area (Å²) in [5.41, 5.74) is 2.88. The Kier molecular flexibility index (Phi) is 9.29. The fourth-order valence-corrected chi connectivity index (χ4v) is 5.26. The molecule has 3 rings (SSSR count). The van der Waals surface area contributed by atoms with Gasteiger partial charge < -0.3 is 20.1 Å². The smallest absolute Gasteiger partial charge is 0.411 e. The molecule has 34 heavy (non-hydrogen) atoms. The number of hydrogen-bond donors (Lipinski definition) is 3. The minimum absolute atomic E-state index is 0.114. The van der Waals surface area contributed by atoms with Crippen LogP contribution >= 0.6 is 11.3 Å². The molecule has 0 unspecified atom stereocenters. The molecule has 0 radical (unpaired) electrons. The summed E-state index contributed by atoms with van der Waals surface area (Å²) in [4.78, 5) is 29.7. The molecule has 186 valence electrons. The second-order valence-corrected chi connectivity index (χ2v) is 10.3. The van der Waals surface area contributed by atoms with Crippen molar-refractivity contribution in [3.05, 3.63) is 35.0 Å². The van der Waals surface area contributed by atoms with E-state index in [1.165, 1.54) is 0 Å². The van der Waals surface area contributed by atoms with Gasteiger partial charge in [0, 0.05) is 30.4 Å². The molecular weight excluding hydrogens is 452 g/mol. The molecule has 0 bridgehead atoms. The molecule has 1 aliphatic rings. The van der Waals surface area contributed by atoms with Gasteiger partial charge in [-0.25, -0.2) is 14.6 Å². The van der Waals surface area contributed by atoms with Crippen molar-refractivity contribution >= 4 is 29.2 Å². The third-order valence-corrected chi connectivity index (χ3v) is 6.78. The molecule has 1 heterocycles. The summed E-state index contributed by atoms with van der Waals surface area (Å²) in [7, 11) is 1.90. The van der Waals surface area contributed by atoms with Crippen molar-refractivity contribution in [1.29, 1.82) is 0 Å². The number of rotatable bonds is 8. The third-order valence-electron chi connectivity index (χ3n) is 5.59. The molecule has 3 N–H and O–H groups in total. The first-order valence-electron chi connectivity index (χ1n) is 11.9. The van der Waals surface area contributed by atoms with Gasteiger partial charge >= 0.3 is 12.2 Å². The van der Waals surface area contributed by atoms with Crippen molar-refractivity contribution in [1.82, 2.24) is 15.6 Å². The van der Waals surface area contributed by atoms with Crippen molar-refractivity contribution in [3.8, 4) is 10.4 Å². The predicted molar refractivity (Wildman–Crippen MR) is 135 cm³/mol. The number of ether oxygens (including phenoxy) is 2. The highest BCUT2D eigenvalue weighted by atomic mass is 32.1. The number of alkyl carbamates (subject to hydrolysis) is 1. The molecule has 1 aliphatic carbocycles. The van der Waals surface area contributed by atoms with Gasteiger partial charge in [0.15, 0.2) is 0 Å². The molecule has 9 heteroatoms. The van der Waals surface area contributed by atoms with E-state index < -0.39 is 6.09 Å². The number of aromatic nitrogens is 1. The number of hydrogen-bond acceptors (Lipinski definition) is 7. The minimum Gasteiger partial charge on any atom is -0.447 e.